The number of aromatic nitrogens is 2. The Bertz CT molecular complexity index is 1010. The molecule has 144 valence electrons. The van der Waals surface area contributed by atoms with Crippen molar-refractivity contribution in [2.45, 2.75) is 50.6 Å². The van der Waals surface area contributed by atoms with Crippen LogP contribution in [0.1, 0.15) is 30.5 Å². The fraction of sp³-hybridized carbons (Fsp3) is 0.318. The molecule has 0 aliphatic carbocycles. The Balaban J connectivity index is 1.51. The Kier molecular flexibility index (Phi) is 4.98. The molecule has 0 unspecified atom stereocenters. The molecule has 0 bridgehead atoms. The van der Waals surface area contributed by atoms with E-state index in [2.05, 4.69) is 29.3 Å². The molecule has 1 aliphatic heterocycles. The lowest BCUT2D eigenvalue weighted by Gasteiger charge is -2.25. The lowest BCUT2D eigenvalue weighted by Crippen LogP contribution is -2.40. The molecular weight excluding hydrogens is 370 g/mol. The SMILES string of the molecule is Cc1cc(C)cc(-c2nnc(S[C@@H](C)C(=O)N3c4ccccc4C[C@@H]3C)o2)c1. The van der Waals surface area contributed by atoms with Gasteiger partial charge >= 0.3 is 0 Å². The van der Waals surface area contributed by atoms with Crippen molar-refractivity contribution >= 4 is 23.4 Å². The normalized spacial score (nSPS) is 16.9. The van der Waals surface area contributed by atoms with E-state index in [0.717, 1.165) is 28.8 Å². The lowest BCUT2D eigenvalue weighted by molar-refractivity contribution is -0.118. The number of para-hydroxylation sites is 1. The first kappa shape index (κ1) is 18.7. The molecular formula is C22H23N3O2S. The Hall–Kier alpha value is -2.60. The van der Waals surface area contributed by atoms with Crippen LogP contribution in [0.2, 0.25) is 0 Å². The van der Waals surface area contributed by atoms with E-state index in [1.165, 1.54) is 17.3 Å². The third kappa shape index (κ3) is 3.56. The zero-order valence-electron chi connectivity index (χ0n) is 16.5. The van der Waals surface area contributed by atoms with Gasteiger partial charge in [0, 0.05) is 17.3 Å². The van der Waals surface area contributed by atoms with E-state index in [-0.39, 0.29) is 17.2 Å². The molecule has 0 saturated heterocycles. The summed E-state index contributed by atoms with van der Waals surface area (Å²) in [5, 5.41) is 8.40. The van der Waals surface area contributed by atoms with E-state index in [9.17, 15) is 4.79 Å². The number of aryl methyl sites for hydroxylation is 2. The van der Waals surface area contributed by atoms with Crippen LogP contribution in [0.15, 0.2) is 52.1 Å². The zero-order chi connectivity index (χ0) is 19.8. The van der Waals surface area contributed by atoms with Crippen LogP contribution >= 0.6 is 11.8 Å². The fourth-order valence-corrected chi connectivity index (χ4v) is 4.50. The summed E-state index contributed by atoms with van der Waals surface area (Å²) in [5.41, 5.74) is 5.42. The predicted molar refractivity (Wildman–Crippen MR) is 112 cm³/mol. The van der Waals surface area contributed by atoms with Crippen LogP contribution in [0.3, 0.4) is 0 Å². The molecule has 3 aromatic rings. The number of carbonyl (C=O) groups excluding carboxylic acids is 1. The highest BCUT2D eigenvalue weighted by Gasteiger charge is 2.34. The molecule has 0 fully saturated rings. The van der Waals surface area contributed by atoms with Crippen LogP contribution in [-0.4, -0.2) is 27.4 Å². The number of hydrogen-bond donors (Lipinski definition) is 0. The van der Waals surface area contributed by atoms with Gasteiger partial charge in [-0.25, -0.2) is 0 Å². The zero-order valence-corrected chi connectivity index (χ0v) is 17.3. The Morgan fingerprint density at radius 2 is 1.89 bits per heavy atom. The van der Waals surface area contributed by atoms with E-state index < -0.39 is 0 Å². The molecule has 2 heterocycles. The summed E-state index contributed by atoms with van der Waals surface area (Å²) < 4.78 is 5.83. The van der Waals surface area contributed by atoms with Crippen LogP contribution in [0.4, 0.5) is 5.69 Å². The predicted octanol–water partition coefficient (Wildman–Crippen LogP) is 4.81. The minimum Gasteiger partial charge on any atom is -0.411 e. The van der Waals surface area contributed by atoms with Gasteiger partial charge in [0.25, 0.3) is 5.22 Å². The van der Waals surface area contributed by atoms with E-state index in [1.807, 2.05) is 56.0 Å². The van der Waals surface area contributed by atoms with Crippen LogP contribution < -0.4 is 4.90 Å². The molecule has 4 rings (SSSR count). The summed E-state index contributed by atoms with van der Waals surface area (Å²) in [6.45, 7) is 8.05. The van der Waals surface area contributed by atoms with Crippen LogP contribution in [-0.2, 0) is 11.2 Å². The van der Waals surface area contributed by atoms with E-state index in [1.54, 1.807) is 0 Å². The van der Waals surface area contributed by atoms with Gasteiger partial charge in [0.2, 0.25) is 11.8 Å². The molecule has 0 saturated carbocycles. The minimum absolute atomic E-state index is 0.0635. The van der Waals surface area contributed by atoms with Crippen molar-refractivity contribution in [3.05, 3.63) is 59.2 Å². The Labute approximate surface area is 169 Å². The highest BCUT2D eigenvalue weighted by molar-refractivity contribution is 8.00. The number of anilines is 1. The Morgan fingerprint density at radius 3 is 2.64 bits per heavy atom. The molecule has 1 aliphatic rings. The molecule has 1 amide bonds. The van der Waals surface area contributed by atoms with E-state index in [0.29, 0.717) is 11.1 Å². The number of thioether (sulfide) groups is 1. The van der Waals surface area contributed by atoms with Gasteiger partial charge < -0.3 is 9.32 Å². The quantitative estimate of drug-likeness (QED) is 0.595. The van der Waals surface area contributed by atoms with Gasteiger partial charge in [-0.15, -0.1) is 10.2 Å². The number of hydrogen-bond acceptors (Lipinski definition) is 5. The summed E-state index contributed by atoms with van der Waals surface area (Å²) in [6.07, 6.45) is 0.886. The molecule has 2 atom stereocenters. The van der Waals surface area contributed by atoms with Crippen LogP contribution in [0.5, 0.6) is 0 Å². The second-order valence-electron chi connectivity index (χ2n) is 7.40. The minimum atomic E-state index is -0.318. The number of carbonyl (C=O) groups is 1. The first-order chi connectivity index (χ1) is 13.4. The molecule has 0 radical (unpaired) electrons. The summed E-state index contributed by atoms with van der Waals surface area (Å²) in [7, 11) is 0. The van der Waals surface area contributed by atoms with Crippen LogP contribution in [0, 0.1) is 13.8 Å². The highest BCUT2D eigenvalue weighted by Crippen LogP contribution is 2.35. The fourth-order valence-electron chi connectivity index (χ4n) is 3.77. The van der Waals surface area contributed by atoms with Gasteiger partial charge in [-0.1, -0.05) is 47.2 Å². The maximum atomic E-state index is 13.1. The van der Waals surface area contributed by atoms with E-state index in [4.69, 9.17) is 4.42 Å². The van der Waals surface area contributed by atoms with Crippen molar-refractivity contribution in [1.29, 1.82) is 0 Å². The first-order valence-electron chi connectivity index (χ1n) is 9.42. The summed E-state index contributed by atoms with van der Waals surface area (Å²) in [5.74, 6) is 0.544. The van der Waals surface area contributed by atoms with Gasteiger partial charge in [-0.2, -0.15) is 0 Å². The topological polar surface area (TPSA) is 59.2 Å². The standard InChI is InChI=1S/C22H23N3O2S/c1-13-9-14(2)11-18(10-13)20-23-24-22(27-20)28-16(4)21(26)25-15(3)12-17-7-5-6-8-19(17)25/h5-11,15-16H,12H2,1-4H3/t15-,16-/m0/s1. The number of fused-ring (bicyclic) bond motifs is 1. The first-order valence-corrected chi connectivity index (χ1v) is 10.3. The molecule has 0 spiro atoms. The second kappa shape index (κ2) is 7.43. The average Bonchev–Trinajstić information content (AvgIpc) is 3.23. The van der Waals surface area contributed by atoms with Gasteiger partial charge in [0.1, 0.15) is 0 Å². The van der Waals surface area contributed by atoms with Crippen molar-refractivity contribution in [1.82, 2.24) is 10.2 Å². The summed E-state index contributed by atoms with van der Waals surface area (Å²) >= 11 is 1.31. The van der Waals surface area contributed by atoms with Gasteiger partial charge in [-0.3, -0.25) is 4.79 Å². The smallest absolute Gasteiger partial charge is 0.277 e. The molecule has 6 heteroatoms. The number of rotatable bonds is 4. The Morgan fingerprint density at radius 1 is 1.18 bits per heavy atom. The van der Waals surface area contributed by atoms with Crippen molar-refractivity contribution in [2.24, 2.45) is 0 Å². The third-order valence-corrected chi connectivity index (χ3v) is 5.87. The monoisotopic (exact) mass is 393 g/mol. The maximum absolute atomic E-state index is 13.1. The van der Waals surface area contributed by atoms with Gasteiger partial charge in [-0.05, 0) is 57.9 Å². The molecule has 0 N–H and O–H groups in total. The molecule has 5 nitrogen and oxygen atoms in total. The molecule has 28 heavy (non-hydrogen) atoms. The summed E-state index contributed by atoms with van der Waals surface area (Å²) in [4.78, 5) is 15.0. The number of nitrogens with zero attached hydrogens (tertiary/aromatic N) is 3. The largest absolute Gasteiger partial charge is 0.411 e. The number of amides is 1. The van der Waals surface area contributed by atoms with Crippen LogP contribution in [0.25, 0.3) is 11.5 Å². The maximum Gasteiger partial charge on any atom is 0.277 e. The average molecular weight is 394 g/mol. The summed E-state index contributed by atoms with van der Waals surface area (Å²) in [6, 6.07) is 14.4. The third-order valence-electron chi connectivity index (χ3n) is 4.95. The van der Waals surface area contributed by atoms with Crippen molar-refractivity contribution in [3.63, 3.8) is 0 Å². The second-order valence-corrected chi connectivity index (χ2v) is 8.69. The van der Waals surface area contributed by atoms with Gasteiger partial charge in [0.05, 0.1) is 5.25 Å². The van der Waals surface area contributed by atoms with Gasteiger partial charge in [0.15, 0.2) is 0 Å². The number of benzene rings is 2. The van der Waals surface area contributed by atoms with E-state index >= 15 is 0 Å². The highest BCUT2D eigenvalue weighted by atomic mass is 32.2. The van der Waals surface area contributed by atoms with Crippen molar-refractivity contribution < 1.29 is 9.21 Å². The molecule has 1 aromatic heterocycles. The van der Waals surface area contributed by atoms with Crippen molar-refractivity contribution in [2.75, 3.05) is 4.90 Å². The van der Waals surface area contributed by atoms with Crippen molar-refractivity contribution in [3.8, 4) is 11.5 Å². The molecule has 2 aromatic carbocycles. The lowest BCUT2D eigenvalue weighted by atomic mass is 10.1.